The summed E-state index contributed by atoms with van der Waals surface area (Å²) in [6.07, 6.45) is 1.87. The summed E-state index contributed by atoms with van der Waals surface area (Å²) in [5.41, 5.74) is 3.72. The Kier molecular flexibility index (Phi) is 8.05. The number of sulfonamides is 1. The van der Waals surface area contributed by atoms with Gasteiger partial charge < -0.3 is 5.32 Å². The van der Waals surface area contributed by atoms with Crippen molar-refractivity contribution in [3.8, 4) is 0 Å². The fourth-order valence-electron chi connectivity index (χ4n) is 3.45. The maximum Gasteiger partial charge on any atom is 0.251 e. The molecule has 3 rings (SSSR count). The van der Waals surface area contributed by atoms with E-state index in [9.17, 15) is 13.2 Å². The second-order valence-corrected chi connectivity index (χ2v) is 10.6. The van der Waals surface area contributed by atoms with Gasteiger partial charge in [0.15, 0.2) is 0 Å². The lowest BCUT2D eigenvalue weighted by Crippen LogP contribution is -2.30. The van der Waals surface area contributed by atoms with E-state index in [1.165, 1.54) is 4.31 Å². The molecule has 0 heterocycles. The predicted octanol–water partition coefficient (Wildman–Crippen LogP) is 6.15. The van der Waals surface area contributed by atoms with E-state index in [2.05, 4.69) is 5.32 Å². The number of hydrogen-bond acceptors (Lipinski definition) is 3. The smallest absolute Gasteiger partial charge is 0.251 e. The number of halogens is 2. The zero-order chi connectivity index (χ0) is 24.2. The first-order valence-electron chi connectivity index (χ1n) is 10.5. The van der Waals surface area contributed by atoms with Gasteiger partial charge in [-0.15, -0.1) is 0 Å². The van der Waals surface area contributed by atoms with Crippen molar-refractivity contribution in [2.75, 3.05) is 10.6 Å². The van der Waals surface area contributed by atoms with Gasteiger partial charge in [0.25, 0.3) is 5.91 Å². The highest BCUT2D eigenvalue weighted by Crippen LogP contribution is 2.34. The van der Waals surface area contributed by atoms with Crippen LogP contribution in [-0.4, -0.2) is 20.6 Å². The Balaban J connectivity index is 1.77. The molecule has 0 bridgehead atoms. The Morgan fingerprint density at radius 1 is 1.00 bits per heavy atom. The molecular weight excluding hydrogens is 479 g/mol. The number of carbonyl (C=O) groups excluding carboxylic acids is 1. The molecule has 0 saturated heterocycles. The highest BCUT2D eigenvalue weighted by atomic mass is 35.5. The quantitative estimate of drug-likeness (QED) is 0.400. The molecule has 0 fully saturated rings. The van der Waals surface area contributed by atoms with Crippen LogP contribution in [0, 0.1) is 6.92 Å². The van der Waals surface area contributed by atoms with Gasteiger partial charge in [0.2, 0.25) is 10.0 Å². The van der Waals surface area contributed by atoms with E-state index in [0.29, 0.717) is 16.8 Å². The van der Waals surface area contributed by atoms with Gasteiger partial charge >= 0.3 is 0 Å². The van der Waals surface area contributed by atoms with Gasteiger partial charge in [-0.25, -0.2) is 8.42 Å². The first-order valence-corrected chi connectivity index (χ1v) is 13.1. The maximum absolute atomic E-state index is 12.8. The van der Waals surface area contributed by atoms with E-state index in [1.54, 1.807) is 42.5 Å². The first kappa shape index (κ1) is 25.1. The molecule has 0 aliphatic carbocycles. The summed E-state index contributed by atoms with van der Waals surface area (Å²) in [4.78, 5) is 12.8. The summed E-state index contributed by atoms with van der Waals surface area (Å²) in [7, 11) is -3.62. The number of rotatable bonds is 8. The molecule has 174 valence electrons. The monoisotopic (exact) mass is 504 g/mol. The van der Waals surface area contributed by atoms with Crippen LogP contribution in [0.2, 0.25) is 10.0 Å². The number of aryl methyl sites for hydroxylation is 1. The highest BCUT2D eigenvalue weighted by molar-refractivity contribution is 7.92. The standard InChI is InChI=1S/C25H26Cl2N2O3S/c1-4-22(19-12-8-17(2)9-13-19)28-25(30)20-14-10-18(11-15-20)16-29(33(3,31)32)23-7-5-6-21(26)24(23)27/h5-15,22H,4,16H2,1-3H3,(H,28,30)/t22-/m0/s1. The molecule has 0 aromatic heterocycles. The summed E-state index contributed by atoms with van der Waals surface area (Å²) in [5.74, 6) is -0.188. The number of nitrogens with zero attached hydrogens (tertiary/aromatic N) is 1. The van der Waals surface area contributed by atoms with Crippen molar-refractivity contribution in [3.05, 3.63) is 99.0 Å². The Bertz CT molecular complexity index is 1230. The van der Waals surface area contributed by atoms with Crippen LogP contribution in [-0.2, 0) is 16.6 Å². The minimum Gasteiger partial charge on any atom is -0.345 e. The first-order chi connectivity index (χ1) is 15.6. The normalized spacial score (nSPS) is 12.3. The zero-order valence-corrected chi connectivity index (χ0v) is 21.0. The molecule has 3 aromatic carbocycles. The molecule has 0 radical (unpaired) electrons. The fourth-order valence-corrected chi connectivity index (χ4v) is 4.80. The van der Waals surface area contributed by atoms with Crippen molar-refractivity contribution in [1.29, 1.82) is 0 Å². The lowest BCUT2D eigenvalue weighted by molar-refractivity contribution is 0.0935. The van der Waals surface area contributed by atoms with Gasteiger partial charge in [0.05, 0.1) is 34.6 Å². The predicted molar refractivity (Wildman–Crippen MR) is 136 cm³/mol. The van der Waals surface area contributed by atoms with E-state index < -0.39 is 10.0 Å². The molecule has 0 spiro atoms. The van der Waals surface area contributed by atoms with Crippen LogP contribution in [0.4, 0.5) is 5.69 Å². The van der Waals surface area contributed by atoms with Gasteiger partial charge in [-0.2, -0.15) is 0 Å². The van der Waals surface area contributed by atoms with Crippen LogP contribution < -0.4 is 9.62 Å². The number of hydrogen-bond donors (Lipinski definition) is 1. The zero-order valence-electron chi connectivity index (χ0n) is 18.7. The third-order valence-corrected chi connectivity index (χ3v) is 7.27. The molecule has 5 nitrogen and oxygen atoms in total. The summed E-state index contributed by atoms with van der Waals surface area (Å²) in [5, 5.41) is 3.51. The molecule has 3 aromatic rings. The molecule has 0 aliphatic heterocycles. The number of amides is 1. The van der Waals surface area contributed by atoms with E-state index in [-0.39, 0.29) is 28.5 Å². The van der Waals surface area contributed by atoms with Crippen molar-refractivity contribution in [1.82, 2.24) is 5.32 Å². The third-order valence-electron chi connectivity index (χ3n) is 5.34. The van der Waals surface area contributed by atoms with Crippen LogP contribution in [0.25, 0.3) is 0 Å². The average molecular weight is 505 g/mol. The van der Waals surface area contributed by atoms with Gasteiger partial charge in [-0.3, -0.25) is 9.10 Å². The summed E-state index contributed by atoms with van der Waals surface area (Å²) in [6, 6.07) is 19.7. The third kappa shape index (κ3) is 6.28. The molecule has 33 heavy (non-hydrogen) atoms. The Hall–Kier alpha value is -2.54. The second-order valence-electron chi connectivity index (χ2n) is 7.88. The largest absolute Gasteiger partial charge is 0.345 e. The molecule has 0 aliphatic rings. The molecule has 1 N–H and O–H groups in total. The number of nitrogens with one attached hydrogen (secondary N) is 1. The minimum absolute atomic E-state index is 0.0573. The number of anilines is 1. The van der Waals surface area contributed by atoms with E-state index in [4.69, 9.17) is 23.2 Å². The van der Waals surface area contributed by atoms with Crippen LogP contribution in [0.5, 0.6) is 0 Å². The second kappa shape index (κ2) is 10.6. The SMILES string of the molecule is CC[C@H](NC(=O)c1ccc(CN(c2cccc(Cl)c2Cl)S(C)(=O)=O)cc1)c1ccc(C)cc1. The molecule has 8 heteroatoms. The van der Waals surface area contributed by atoms with Crippen molar-refractivity contribution in [3.63, 3.8) is 0 Å². The van der Waals surface area contributed by atoms with Gasteiger partial charge in [-0.1, -0.05) is 78.2 Å². The molecule has 1 amide bonds. The van der Waals surface area contributed by atoms with E-state index in [1.807, 2.05) is 38.1 Å². The summed E-state index contributed by atoms with van der Waals surface area (Å²) in [6.45, 7) is 4.10. The summed E-state index contributed by atoms with van der Waals surface area (Å²) < 4.78 is 26.1. The van der Waals surface area contributed by atoms with Gasteiger partial charge in [-0.05, 0) is 48.7 Å². The topological polar surface area (TPSA) is 66.5 Å². The van der Waals surface area contributed by atoms with Crippen LogP contribution in [0.1, 0.15) is 46.4 Å². The molecular formula is C25H26Cl2N2O3S. The number of carbonyl (C=O) groups is 1. The lowest BCUT2D eigenvalue weighted by Gasteiger charge is -2.24. The van der Waals surface area contributed by atoms with Crippen LogP contribution in [0.3, 0.4) is 0 Å². The van der Waals surface area contributed by atoms with Crippen molar-refractivity contribution >= 4 is 44.8 Å². The van der Waals surface area contributed by atoms with Gasteiger partial charge in [0, 0.05) is 5.56 Å². The highest BCUT2D eigenvalue weighted by Gasteiger charge is 2.22. The van der Waals surface area contributed by atoms with Gasteiger partial charge in [0.1, 0.15) is 0 Å². The van der Waals surface area contributed by atoms with E-state index >= 15 is 0 Å². The van der Waals surface area contributed by atoms with Crippen molar-refractivity contribution in [2.24, 2.45) is 0 Å². The van der Waals surface area contributed by atoms with Crippen molar-refractivity contribution < 1.29 is 13.2 Å². The lowest BCUT2D eigenvalue weighted by atomic mass is 10.0. The Morgan fingerprint density at radius 3 is 2.21 bits per heavy atom. The van der Waals surface area contributed by atoms with E-state index in [0.717, 1.165) is 23.8 Å². The summed E-state index contributed by atoms with van der Waals surface area (Å²) >= 11 is 12.3. The van der Waals surface area contributed by atoms with Crippen LogP contribution >= 0.6 is 23.2 Å². The average Bonchev–Trinajstić information content (AvgIpc) is 2.78. The number of benzene rings is 3. The maximum atomic E-state index is 12.8. The molecule has 1 atom stereocenters. The fraction of sp³-hybridized carbons (Fsp3) is 0.240. The Labute approximate surface area is 205 Å². The molecule has 0 saturated carbocycles. The molecule has 0 unspecified atom stereocenters. The van der Waals surface area contributed by atoms with Crippen LogP contribution in [0.15, 0.2) is 66.7 Å². The Morgan fingerprint density at radius 2 is 1.64 bits per heavy atom. The van der Waals surface area contributed by atoms with Crippen molar-refractivity contribution in [2.45, 2.75) is 32.9 Å². The minimum atomic E-state index is -3.62.